The van der Waals surface area contributed by atoms with Crippen molar-refractivity contribution in [2.45, 2.75) is 12.8 Å². The van der Waals surface area contributed by atoms with E-state index in [1.54, 1.807) is 16.8 Å². The van der Waals surface area contributed by atoms with Crippen molar-refractivity contribution in [1.82, 2.24) is 15.1 Å². The van der Waals surface area contributed by atoms with Gasteiger partial charge in [-0.3, -0.25) is 0 Å². The van der Waals surface area contributed by atoms with Crippen LogP contribution < -0.4 is 4.90 Å². The first-order chi connectivity index (χ1) is 8.86. The number of aliphatic hydroxyl groups is 1. The summed E-state index contributed by atoms with van der Waals surface area (Å²) in [5, 5.41) is 18.6. The molecule has 2 aliphatic rings. The average Bonchev–Trinajstić information content (AvgIpc) is 3.10. The number of rotatable bonds is 4. The van der Waals surface area contributed by atoms with Gasteiger partial charge in [0, 0.05) is 32.2 Å². The number of likely N-dealkylation sites (tertiary alicyclic amines) is 1. The number of nitrogens with zero attached hydrogens (tertiary/aromatic N) is 4. The molecule has 3 heterocycles. The van der Waals surface area contributed by atoms with Crippen LogP contribution in [0.4, 0.5) is 5.13 Å². The van der Waals surface area contributed by atoms with E-state index >= 15 is 0 Å². The van der Waals surface area contributed by atoms with Gasteiger partial charge in [-0.15, -0.1) is 10.2 Å². The smallest absolute Gasteiger partial charge is 0.208 e. The second kappa shape index (κ2) is 5.50. The molecule has 100 valence electrons. The van der Waals surface area contributed by atoms with Gasteiger partial charge in [0.1, 0.15) is 5.51 Å². The van der Waals surface area contributed by atoms with E-state index in [9.17, 15) is 5.11 Å². The Kier molecular flexibility index (Phi) is 3.77. The summed E-state index contributed by atoms with van der Waals surface area (Å²) >= 11 is 1.59. The van der Waals surface area contributed by atoms with Crippen LogP contribution in [0.25, 0.3) is 0 Å². The van der Waals surface area contributed by atoms with E-state index in [0.717, 1.165) is 24.8 Å². The van der Waals surface area contributed by atoms with E-state index in [4.69, 9.17) is 0 Å². The molecule has 2 aliphatic heterocycles. The largest absolute Gasteiger partial charge is 0.396 e. The summed E-state index contributed by atoms with van der Waals surface area (Å²) in [4.78, 5) is 4.82. The Labute approximate surface area is 111 Å². The molecule has 2 fully saturated rings. The van der Waals surface area contributed by atoms with Crippen molar-refractivity contribution in [3.63, 3.8) is 0 Å². The number of aliphatic hydroxyl groups excluding tert-OH is 1. The first-order valence-corrected chi connectivity index (χ1v) is 7.59. The average molecular weight is 268 g/mol. The predicted molar refractivity (Wildman–Crippen MR) is 71.9 cm³/mol. The summed E-state index contributed by atoms with van der Waals surface area (Å²) in [7, 11) is 0. The minimum absolute atomic E-state index is 0.286. The van der Waals surface area contributed by atoms with Gasteiger partial charge in [-0.05, 0) is 31.8 Å². The number of hydrogen-bond donors (Lipinski definition) is 1. The molecule has 18 heavy (non-hydrogen) atoms. The summed E-state index contributed by atoms with van der Waals surface area (Å²) < 4.78 is 0. The summed E-state index contributed by atoms with van der Waals surface area (Å²) in [6.45, 7) is 5.80. The molecule has 0 aliphatic carbocycles. The van der Waals surface area contributed by atoms with Gasteiger partial charge >= 0.3 is 0 Å². The van der Waals surface area contributed by atoms with E-state index in [2.05, 4.69) is 20.0 Å². The Morgan fingerprint density at radius 2 is 2.06 bits per heavy atom. The molecule has 0 radical (unpaired) electrons. The van der Waals surface area contributed by atoms with Crippen LogP contribution in [0.2, 0.25) is 0 Å². The first-order valence-electron chi connectivity index (χ1n) is 6.71. The quantitative estimate of drug-likeness (QED) is 0.870. The second-order valence-electron chi connectivity index (χ2n) is 5.34. The molecule has 0 unspecified atom stereocenters. The van der Waals surface area contributed by atoms with Crippen LogP contribution in [0, 0.1) is 11.8 Å². The molecular weight excluding hydrogens is 248 g/mol. The van der Waals surface area contributed by atoms with E-state index in [-0.39, 0.29) is 6.61 Å². The van der Waals surface area contributed by atoms with Crippen molar-refractivity contribution < 1.29 is 5.11 Å². The Morgan fingerprint density at radius 1 is 1.28 bits per heavy atom. The summed E-state index contributed by atoms with van der Waals surface area (Å²) in [5.74, 6) is 0.950. The first kappa shape index (κ1) is 12.3. The molecule has 2 saturated heterocycles. The van der Waals surface area contributed by atoms with Crippen LogP contribution in [0.3, 0.4) is 0 Å². The zero-order valence-electron chi connectivity index (χ0n) is 10.5. The molecule has 1 N–H and O–H groups in total. The number of hydrogen-bond acceptors (Lipinski definition) is 6. The highest BCUT2D eigenvalue weighted by Gasteiger charge is 2.34. The Morgan fingerprint density at radius 3 is 2.72 bits per heavy atom. The maximum atomic E-state index is 9.55. The lowest BCUT2D eigenvalue weighted by molar-refractivity contribution is 0.176. The minimum Gasteiger partial charge on any atom is -0.396 e. The normalized spacial score (nSPS) is 29.3. The van der Waals surface area contributed by atoms with Gasteiger partial charge < -0.3 is 14.9 Å². The molecule has 0 bridgehead atoms. The predicted octanol–water partition coefficient (Wildman–Crippen LogP) is 0.679. The molecule has 0 saturated carbocycles. The SMILES string of the molecule is OC[C@@H]1CN(c2nncs2)C[C@@H]1CN1CCCC1. The maximum absolute atomic E-state index is 9.55. The van der Waals surface area contributed by atoms with Crippen LogP contribution >= 0.6 is 11.3 Å². The van der Waals surface area contributed by atoms with Crippen molar-refractivity contribution in [2.24, 2.45) is 11.8 Å². The van der Waals surface area contributed by atoms with Gasteiger partial charge in [-0.1, -0.05) is 11.3 Å². The van der Waals surface area contributed by atoms with E-state index < -0.39 is 0 Å². The third-order valence-electron chi connectivity index (χ3n) is 4.12. The third-order valence-corrected chi connectivity index (χ3v) is 4.87. The highest BCUT2D eigenvalue weighted by atomic mass is 32.1. The molecule has 5 nitrogen and oxygen atoms in total. The zero-order valence-corrected chi connectivity index (χ0v) is 11.3. The molecule has 1 aromatic heterocycles. The molecular formula is C12H20N4OS. The van der Waals surface area contributed by atoms with Crippen molar-refractivity contribution in [3.8, 4) is 0 Å². The van der Waals surface area contributed by atoms with Crippen molar-refractivity contribution in [2.75, 3.05) is 44.2 Å². The maximum Gasteiger partial charge on any atom is 0.208 e. The van der Waals surface area contributed by atoms with Gasteiger partial charge in [-0.2, -0.15) is 0 Å². The highest BCUT2D eigenvalue weighted by Crippen LogP contribution is 2.30. The van der Waals surface area contributed by atoms with Gasteiger partial charge in [-0.25, -0.2) is 0 Å². The van der Waals surface area contributed by atoms with Crippen LogP contribution in [0.15, 0.2) is 5.51 Å². The molecule has 2 atom stereocenters. The van der Waals surface area contributed by atoms with Gasteiger partial charge in [0.05, 0.1) is 0 Å². The Hall–Kier alpha value is -0.720. The molecule has 1 aromatic rings. The molecule has 3 rings (SSSR count). The summed E-state index contributed by atoms with van der Waals surface area (Å²) in [6.07, 6.45) is 2.66. The summed E-state index contributed by atoms with van der Waals surface area (Å²) in [5.41, 5.74) is 1.77. The molecule has 0 amide bonds. The standard InChI is InChI=1S/C12H20N4OS/c17-8-11-7-16(12-14-13-9-18-12)6-10(11)5-15-3-1-2-4-15/h9-11,17H,1-8H2/t10-,11-/m0/s1. The van der Waals surface area contributed by atoms with Gasteiger partial charge in [0.15, 0.2) is 0 Å². The lowest BCUT2D eigenvalue weighted by Gasteiger charge is -2.22. The molecule has 0 spiro atoms. The van der Waals surface area contributed by atoms with Crippen LogP contribution in [0.1, 0.15) is 12.8 Å². The number of anilines is 1. The second-order valence-corrected chi connectivity index (χ2v) is 6.15. The third kappa shape index (κ3) is 2.50. The fourth-order valence-electron chi connectivity index (χ4n) is 3.11. The van der Waals surface area contributed by atoms with E-state index in [1.165, 1.54) is 25.9 Å². The monoisotopic (exact) mass is 268 g/mol. The lowest BCUT2D eigenvalue weighted by atomic mass is 9.96. The number of aromatic nitrogens is 2. The Balaban J connectivity index is 1.62. The topological polar surface area (TPSA) is 52.5 Å². The van der Waals surface area contributed by atoms with Crippen LogP contribution in [0.5, 0.6) is 0 Å². The summed E-state index contributed by atoms with van der Waals surface area (Å²) in [6, 6.07) is 0. The van der Waals surface area contributed by atoms with E-state index in [1.807, 2.05) is 0 Å². The fraction of sp³-hybridized carbons (Fsp3) is 0.833. The van der Waals surface area contributed by atoms with E-state index in [0.29, 0.717) is 11.8 Å². The van der Waals surface area contributed by atoms with Crippen LogP contribution in [-0.4, -0.2) is 59.5 Å². The Bertz CT molecular complexity index is 366. The van der Waals surface area contributed by atoms with Crippen molar-refractivity contribution >= 4 is 16.5 Å². The zero-order chi connectivity index (χ0) is 12.4. The van der Waals surface area contributed by atoms with Gasteiger partial charge in [0.2, 0.25) is 5.13 Å². The van der Waals surface area contributed by atoms with Gasteiger partial charge in [0.25, 0.3) is 0 Å². The van der Waals surface area contributed by atoms with Crippen LogP contribution in [-0.2, 0) is 0 Å². The van der Waals surface area contributed by atoms with Crippen molar-refractivity contribution in [3.05, 3.63) is 5.51 Å². The molecule has 0 aromatic carbocycles. The fourth-order valence-corrected chi connectivity index (χ4v) is 3.69. The lowest BCUT2D eigenvalue weighted by Crippen LogP contribution is -2.31. The van der Waals surface area contributed by atoms with Crippen molar-refractivity contribution in [1.29, 1.82) is 0 Å². The minimum atomic E-state index is 0.286. The molecule has 6 heteroatoms. The highest BCUT2D eigenvalue weighted by molar-refractivity contribution is 7.13.